The van der Waals surface area contributed by atoms with Gasteiger partial charge in [-0.2, -0.15) is 23.4 Å². The molecule has 178 valence electrons. The van der Waals surface area contributed by atoms with Gasteiger partial charge < -0.3 is 11.1 Å². The van der Waals surface area contributed by atoms with Crippen LogP contribution in [0.2, 0.25) is 5.02 Å². The van der Waals surface area contributed by atoms with Crippen LogP contribution in [0.25, 0.3) is 21.3 Å². The Balaban J connectivity index is 1.99. The number of nitrogens with two attached hydrogens (primary N) is 1. The van der Waals surface area contributed by atoms with Gasteiger partial charge in [-0.1, -0.05) is 11.6 Å². The van der Waals surface area contributed by atoms with Crippen molar-refractivity contribution in [3.63, 3.8) is 0 Å². The Hall–Kier alpha value is -3.45. The smallest absolute Gasteiger partial charge is 0.365 e. The van der Waals surface area contributed by atoms with Crippen molar-refractivity contribution in [1.82, 2.24) is 24.5 Å². The van der Waals surface area contributed by atoms with E-state index in [1.165, 1.54) is 21.8 Å². The summed E-state index contributed by atoms with van der Waals surface area (Å²) in [5.41, 5.74) is 5.19. The number of primary amides is 1. The number of hydrogen-bond donors (Lipinski definition) is 2. The average Bonchev–Trinajstić information content (AvgIpc) is 3.42. The van der Waals surface area contributed by atoms with E-state index >= 15 is 0 Å². The third-order valence-corrected chi connectivity index (χ3v) is 6.57. The molecule has 0 radical (unpaired) electrons. The first-order valence-electron chi connectivity index (χ1n) is 9.80. The Morgan fingerprint density at radius 1 is 1.29 bits per heavy atom. The standard InChI is InChI=1S/C20H17ClF3N7O2S/c1-4-31-7-11(21)14(29-31)18(33)28-15-13-9(10-6-26-30(3)8(10)2)5-12(20(22,23)24)27-19(13)34-16(15)17(25)32/h5-7H,4H2,1-3H3,(H2,25,32)(H,28,33). The van der Waals surface area contributed by atoms with Crippen LogP contribution in [0.4, 0.5) is 18.9 Å². The number of halogens is 4. The van der Waals surface area contributed by atoms with E-state index in [0.29, 0.717) is 29.1 Å². The quantitative estimate of drug-likeness (QED) is 0.415. The van der Waals surface area contributed by atoms with E-state index in [-0.39, 0.29) is 37.1 Å². The molecule has 0 aromatic carbocycles. The number of carbonyl (C=O) groups excluding carboxylic acids is 2. The number of aromatic nitrogens is 5. The fourth-order valence-corrected chi connectivity index (χ4v) is 4.64. The molecule has 0 aliphatic heterocycles. The molecule has 2 amide bonds. The van der Waals surface area contributed by atoms with Gasteiger partial charge in [-0.15, -0.1) is 11.3 Å². The van der Waals surface area contributed by atoms with Gasteiger partial charge in [0.05, 0.1) is 16.9 Å². The summed E-state index contributed by atoms with van der Waals surface area (Å²) in [6, 6.07) is 0.859. The Kier molecular flexibility index (Phi) is 5.85. The van der Waals surface area contributed by atoms with E-state index in [1.807, 2.05) is 0 Å². The molecule has 4 aromatic heterocycles. The fraction of sp³-hybridized carbons (Fsp3) is 0.250. The number of thiophene rings is 1. The van der Waals surface area contributed by atoms with Gasteiger partial charge >= 0.3 is 6.18 Å². The summed E-state index contributed by atoms with van der Waals surface area (Å²) in [5.74, 6) is -1.70. The summed E-state index contributed by atoms with van der Waals surface area (Å²) in [5, 5.41) is 11.0. The second-order valence-corrected chi connectivity index (χ2v) is 8.71. The molecule has 3 N–H and O–H groups in total. The molecule has 0 aliphatic rings. The maximum atomic E-state index is 13.6. The molecule has 14 heteroatoms. The van der Waals surface area contributed by atoms with Crippen molar-refractivity contribution in [3.8, 4) is 11.1 Å². The minimum atomic E-state index is -4.75. The largest absolute Gasteiger partial charge is 0.433 e. The number of alkyl halides is 3. The van der Waals surface area contributed by atoms with Crippen molar-refractivity contribution in [3.05, 3.63) is 45.4 Å². The summed E-state index contributed by atoms with van der Waals surface area (Å²) in [4.78, 5) is 28.6. The van der Waals surface area contributed by atoms with Crippen LogP contribution in [0.1, 0.15) is 38.5 Å². The van der Waals surface area contributed by atoms with Crippen LogP contribution in [0.15, 0.2) is 18.5 Å². The SMILES string of the molecule is CCn1cc(Cl)c(C(=O)Nc2c(C(N)=O)sc3nc(C(F)(F)F)cc(-c4cnn(C)c4C)c23)n1. The number of fused-ring (bicyclic) bond motifs is 1. The fourth-order valence-electron chi connectivity index (χ4n) is 3.40. The number of rotatable bonds is 5. The third kappa shape index (κ3) is 4.01. The van der Waals surface area contributed by atoms with E-state index in [4.69, 9.17) is 17.3 Å². The van der Waals surface area contributed by atoms with E-state index < -0.39 is 23.7 Å². The molecule has 0 unspecified atom stereocenters. The maximum Gasteiger partial charge on any atom is 0.433 e. The molecule has 0 saturated carbocycles. The third-order valence-electron chi connectivity index (χ3n) is 5.20. The molecule has 4 heterocycles. The van der Waals surface area contributed by atoms with Crippen LogP contribution < -0.4 is 11.1 Å². The van der Waals surface area contributed by atoms with Crippen LogP contribution in [0, 0.1) is 6.92 Å². The zero-order valence-corrected chi connectivity index (χ0v) is 19.6. The first-order valence-corrected chi connectivity index (χ1v) is 11.0. The topological polar surface area (TPSA) is 121 Å². The molecule has 0 bridgehead atoms. The zero-order chi connectivity index (χ0) is 24.9. The molecule has 9 nitrogen and oxygen atoms in total. The summed E-state index contributed by atoms with van der Waals surface area (Å²) < 4.78 is 43.8. The Morgan fingerprint density at radius 3 is 2.53 bits per heavy atom. The number of amides is 2. The van der Waals surface area contributed by atoms with E-state index in [1.54, 1.807) is 20.9 Å². The van der Waals surface area contributed by atoms with Crippen molar-refractivity contribution < 1.29 is 22.8 Å². The van der Waals surface area contributed by atoms with Crippen molar-refractivity contribution in [2.75, 3.05) is 5.32 Å². The summed E-state index contributed by atoms with van der Waals surface area (Å²) in [7, 11) is 1.64. The lowest BCUT2D eigenvalue weighted by molar-refractivity contribution is -0.140. The van der Waals surface area contributed by atoms with Gasteiger partial charge in [0.25, 0.3) is 11.8 Å². The second kappa shape index (κ2) is 8.40. The van der Waals surface area contributed by atoms with Crippen LogP contribution in [-0.4, -0.2) is 36.4 Å². The van der Waals surface area contributed by atoms with Crippen LogP contribution in [0.5, 0.6) is 0 Å². The van der Waals surface area contributed by atoms with Gasteiger partial charge in [0.1, 0.15) is 15.4 Å². The average molecular weight is 512 g/mol. The highest BCUT2D eigenvalue weighted by molar-refractivity contribution is 7.21. The Morgan fingerprint density at radius 2 is 2.00 bits per heavy atom. The van der Waals surface area contributed by atoms with E-state index in [0.717, 1.165) is 6.07 Å². The van der Waals surface area contributed by atoms with Gasteiger partial charge in [0, 0.05) is 36.4 Å². The van der Waals surface area contributed by atoms with Gasteiger partial charge in [-0.05, 0) is 25.5 Å². The number of nitrogens with one attached hydrogen (secondary N) is 1. The number of anilines is 1. The van der Waals surface area contributed by atoms with Crippen LogP contribution in [0.3, 0.4) is 0 Å². The highest BCUT2D eigenvalue weighted by Gasteiger charge is 2.35. The van der Waals surface area contributed by atoms with Crippen molar-refractivity contribution in [2.24, 2.45) is 12.8 Å². The van der Waals surface area contributed by atoms with Gasteiger partial charge in [-0.25, -0.2) is 4.98 Å². The molecule has 0 spiro atoms. The van der Waals surface area contributed by atoms with Crippen LogP contribution in [-0.2, 0) is 19.8 Å². The van der Waals surface area contributed by atoms with E-state index in [9.17, 15) is 22.8 Å². The molecule has 0 fully saturated rings. The van der Waals surface area contributed by atoms with Crippen molar-refractivity contribution in [2.45, 2.75) is 26.6 Å². The monoisotopic (exact) mass is 511 g/mol. The minimum Gasteiger partial charge on any atom is -0.365 e. The van der Waals surface area contributed by atoms with Gasteiger partial charge in [0.2, 0.25) is 0 Å². The molecular weight excluding hydrogens is 495 g/mol. The summed E-state index contributed by atoms with van der Waals surface area (Å²) >= 11 is 6.77. The predicted octanol–water partition coefficient (Wildman–Crippen LogP) is 4.25. The lowest BCUT2D eigenvalue weighted by Crippen LogP contribution is -2.18. The molecule has 0 saturated heterocycles. The molecular formula is C20H17ClF3N7O2S. The first-order chi connectivity index (χ1) is 15.9. The number of nitrogens with zero attached hydrogens (tertiary/aromatic N) is 5. The zero-order valence-electron chi connectivity index (χ0n) is 18.0. The molecule has 0 atom stereocenters. The molecule has 34 heavy (non-hydrogen) atoms. The first kappa shape index (κ1) is 23.7. The normalized spacial score (nSPS) is 11.9. The summed E-state index contributed by atoms with van der Waals surface area (Å²) in [6.45, 7) is 3.93. The van der Waals surface area contributed by atoms with Gasteiger partial charge in [-0.3, -0.25) is 19.0 Å². The Bertz CT molecular complexity index is 1450. The van der Waals surface area contributed by atoms with Crippen molar-refractivity contribution >= 4 is 50.7 Å². The van der Waals surface area contributed by atoms with Gasteiger partial charge in [0.15, 0.2) is 5.69 Å². The van der Waals surface area contributed by atoms with Crippen LogP contribution >= 0.6 is 22.9 Å². The molecule has 0 aliphatic carbocycles. The highest BCUT2D eigenvalue weighted by Crippen LogP contribution is 2.44. The highest BCUT2D eigenvalue weighted by atomic mass is 35.5. The molecule has 4 aromatic rings. The number of pyridine rings is 1. The number of hydrogen-bond acceptors (Lipinski definition) is 6. The Labute approximate surface area is 199 Å². The predicted molar refractivity (Wildman–Crippen MR) is 121 cm³/mol. The maximum absolute atomic E-state index is 13.6. The molecule has 4 rings (SSSR count). The minimum absolute atomic E-state index is 0.0697. The van der Waals surface area contributed by atoms with E-state index in [2.05, 4.69) is 20.5 Å². The van der Waals surface area contributed by atoms with Crippen molar-refractivity contribution in [1.29, 1.82) is 0 Å². The number of carbonyl (C=O) groups is 2. The number of aryl methyl sites for hydroxylation is 2. The summed E-state index contributed by atoms with van der Waals surface area (Å²) in [6.07, 6.45) is -1.89. The lowest BCUT2D eigenvalue weighted by Gasteiger charge is -2.12. The second-order valence-electron chi connectivity index (χ2n) is 7.31. The lowest BCUT2D eigenvalue weighted by atomic mass is 10.0.